The Morgan fingerprint density at radius 2 is 2.05 bits per heavy atom. The summed E-state index contributed by atoms with van der Waals surface area (Å²) < 4.78 is 5.74. The standard InChI is InChI=1S/C16H17N3OS/c1-12-3-2-4-14(9-12)11-20-15-7-5-13(6-8-15)10-18-19-16(17)21/h2-10H,11H2,1H3,(H3,17,19,21)/b18-10+. The number of hydrazone groups is 1. The van der Waals surface area contributed by atoms with Gasteiger partial charge in [-0.15, -0.1) is 0 Å². The summed E-state index contributed by atoms with van der Waals surface area (Å²) in [6.45, 7) is 2.62. The number of hydrogen-bond donors (Lipinski definition) is 2. The zero-order valence-corrected chi connectivity index (χ0v) is 12.6. The van der Waals surface area contributed by atoms with Crippen LogP contribution in [0.15, 0.2) is 53.6 Å². The van der Waals surface area contributed by atoms with Crippen molar-refractivity contribution in [1.82, 2.24) is 5.43 Å². The van der Waals surface area contributed by atoms with Crippen LogP contribution in [-0.2, 0) is 6.61 Å². The first kappa shape index (κ1) is 15.0. The van der Waals surface area contributed by atoms with Crippen molar-refractivity contribution >= 4 is 23.5 Å². The van der Waals surface area contributed by atoms with E-state index in [0.29, 0.717) is 6.61 Å². The van der Waals surface area contributed by atoms with Gasteiger partial charge in [0.05, 0.1) is 6.21 Å². The van der Waals surface area contributed by atoms with Gasteiger partial charge in [-0.25, -0.2) is 0 Å². The number of nitrogens with zero attached hydrogens (tertiary/aromatic N) is 1. The van der Waals surface area contributed by atoms with Crippen LogP contribution in [0.25, 0.3) is 0 Å². The van der Waals surface area contributed by atoms with Gasteiger partial charge in [0.15, 0.2) is 5.11 Å². The van der Waals surface area contributed by atoms with Gasteiger partial charge in [0.1, 0.15) is 12.4 Å². The third kappa shape index (κ3) is 5.24. The van der Waals surface area contributed by atoms with E-state index in [9.17, 15) is 0 Å². The molecule has 0 bridgehead atoms. The second kappa shape index (κ2) is 7.40. The predicted molar refractivity (Wildman–Crippen MR) is 89.5 cm³/mol. The zero-order chi connectivity index (χ0) is 15.1. The van der Waals surface area contributed by atoms with Crippen molar-refractivity contribution in [3.63, 3.8) is 0 Å². The minimum absolute atomic E-state index is 0.143. The zero-order valence-electron chi connectivity index (χ0n) is 11.7. The van der Waals surface area contributed by atoms with E-state index in [2.05, 4.69) is 47.9 Å². The van der Waals surface area contributed by atoms with Crippen LogP contribution in [0.5, 0.6) is 5.75 Å². The molecule has 0 atom stereocenters. The van der Waals surface area contributed by atoms with Crippen LogP contribution < -0.4 is 15.9 Å². The Bertz CT molecular complexity index is 638. The lowest BCUT2D eigenvalue weighted by Crippen LogP contribution is -2.23. The Labute approximate surface area is 129 Å². The normalized spacial score (nSPS) is 10.5. The molecule has 0 aliphatic rings. The van der Waals surface area contributed by atoms with Gasteiger partial charge in [0, 0.05) is 0 Å². The third-order valence-electron chi connectivity index (χ3n) is 2.76. The summed E-state index contributed by atoms with van der Waals surface area (Å²) in [6.07, 6.45) is 1.64. The summed E-state index contributed by atoms with van der Waals surface area (Å²) >= 11 is 4.65. The molecule has 0 saturated heterocycles. The molecule has 2 rings (SSSR count). The van der Waals surface area contributed by atoms with E-state index < -0.39 is 0 Å². The van der Waals surface area contributed by atoms with Crippen LogP contribution in [-0.4, -0.2) is 11.3 Å². The summed E-state index contributed by atoms with van der Waals surface area (Å²) in [6, 6.07) is 15.9. The molecule has 0 radical (unpaired) electrons. The number of aryl methyl sites for hydroxylation is 1. The Hall–Kier alpha value is -2.40. The molecule has 0 saturated carbocycles. The van der Waals surface area contributed by atoms with E-state index in [-0.39, 0.29) is 5.11 Å². The maximum absolute atomic E-state index is 5.74. The van der Waals surface area contributed by atoms with Crippen LogP contribution in [0.4, 0.5) is 0 Å². The molecule has 0 aromatic heterocycles. The molecule has 5 heteroatoms. The van der Waals surface area contributed by atoms with E-state index in [1.807, 2.05) is 30.3 Å². The highest BCUT2D eigenvalue weighted by Gasteiger charge is 1.97. The Morgan fingerprint density at radius 1 is 1.29 bits per heavy atom. The fourth-order valence-corrected chi connectivity index (χ4v) is 1.84. The number of nitrogens with one attached hydrogen (secondary N) is 1. The smallest absolute Gasteiger partial charge is 0.184 e. The minimum Gasteiger partial charge on any atom is -0.489 e. The van der Waals surface area contributed by atoms with Gasteiger partial charge in [-0.2, -0.15) is 5.10 Å². The number of nitrogens with two attached hydrogens (primary N) is 1. The Kier molecular flexibility index (Phi) is 5.29. The van der Waals surface area contributed by atoms with Gasteiger partial charge in [0.2, 0.25) is 0 Å². The van der Waals surface area contributed by atoms with Crippen molar-refractivity contribution in [2.75, 3.05) is 0 Å². The summed E-state index contributed by atoms with van der Waals surface area (Å²) in [7, 11) is 0. The molecule has 0 fully saturated rings. The summed E-state index contributed by atoms with van der Waals surface area (Å²) in [5.41, 5.74) is 11.1. The maximum Gasteiger partial charge on any atom is 0.184 e. The van der Waals surface area contributed by atoms with Crippen LogP contribution >= 0.6 is 12.2 Å². The Morgan fingerprint density at radius 3 is 2.71 bits per heavy atom. The van der Waals surface area contributed by atoms with Gasteiger partial charge < -0.3 is 10.5 Å². The molecular weight excluding hydrogens is 282 g/mol. The fraction of sp³-hybridized carbons (Fsp3) is 0.125. The molecule has 0 heterocycles. The quantitative estimate of drug-likeness (QED) is 0.506. The van der Waals surface area contributed by atoms with Crippen molar-refractivity contribution in [1.29, 1.82) is 0 Å². The van der Waals surface area contributed by atoms with Crippen molar-refractivity contribution in [3.8, 4) is 5.75 Å². The van der Waals surface area contributed by atoms with Gasteiger partial charge >= 0.3 is 0 Å². The number of hydrogen-bond acceptors (Lipinski definition) is 3. The van der Waals surface area contributed by atoms with Gasteiger partial charge in [-0.3, -0.25) is 5.43 Å². The highest BCUT2D eigenvalue weighted by molar-refractivity contribution is 7.80. The summed E-state index contributed by atoms with van der Waals surface area (Å²) in [5, 5.41) is 4.03. The lowest BCUT2D eigenvalue weighted by molar-refractivity contribution is 0.306. The monoisotopic (exact) mass is 299 g/mol. The summed E-state index contributed by atoms with van der Waals surface area (Å²) in [5.74, 6) is 0.816. The second-order valence-corrected chi connectivity index (χ2v) is 5.02. The van der Waals surface area contributed by atoms with Crippen LogP contribution in [0, 0.1) is 6.92 Å². The van der Waals surface area contributed by atoms with E-state index in [1.54, 1.807) is 6.21 Å². The van der Waals surface area contributed by atoms with Crippen molar-refractivity contribution in [3.05, 3.63) is 65.2 Å². The molecule has 2 aromatic rings. The summed E-state index contributed by atoms with van der Waals surface area (Å²) in [4.78, 5) is 0. The lowest BCUT2D eigenvalue weighted by Gasteiger charge is -2.07. The predicted octanol–water partition coefficient (Wildman–Crippen LogP) is 2.74. The molecule has 108 valence electrons. The second-order valence-electron chi connectivity index (χ2n) is 4.58. The van der Waals surface area contributed by atoms with Crippen LogP contribution in [0.3, 0.4) is 0 Å². The van der Waals surface area contributed by atoms with Gasteiger partial charge in [0.25, 0.3) is 0 Å². The average Bonchev–Trinajstić information content (AvgIpc) is 2.46. The fourth-order valence-electron chi connectivity index (χ4n) is 1.79. The van der Waals surface area contributed by atoms with Crippen molar-refractivity contribution < 1.29 is 4.74 Å². The number of benzene rings is 2. The molecule has 3 N–H and O–H groups in total. The van der Waals surface area contributed by atoms with Gasteiger partial charge in [-0.1, -0.05) is 29.8 Å². The van der Waals surface area contributed by atoms with Crippen LogP contribution in [0.2, 0.25) is 0 Å². The molecule has 4 nitrogen and oxygen atoms in total. The van der Waals surface area contributed by atoms with Gasteiger partial charge in [-0.05, 0) is 54.5 Å². The average molecular weight is 299 g/mol. The van der Waals surface area contributed by atoms with Crippen molar-refractivity contribution in [2.45, 2.75) is 13.5 Å². The number of thiocarbonyl (C=S) groups is 1. The maximum atomic E-state index is 5.74. The Balaban J connectivity index is 1.90. The van der Waals surface area contributed by atoms with Crippen LogP contribution in [0.1, 0.15) is 16.7 Å². The molecule has 2 aromatic carbocycles. The first-order valence-electron chi connectivity index (χ1n) is 6.50. The molecule has 0 unspecified atom stereocenters. The first-order valence-corrected chi connectivity index (χ1v) is 6.91. The van der Waals surface area contributed by atoms with Crippen molar-refractivity contribution in [2.24, 2.45) is 10.8 Å². The van der Waals surface area contributed by atoms with E-state index in [0.717, 1.165) is 16.9 Å². The SMILES string of the molecule is Cc1cccc(COc2ccc(/C=N/NC(N)=S)cc2)c1. The van der Waals surface area contributed by atoms with E-state index in [1.165, 1.54) is 5.56 Å². The molecule has 0 aliphatic heterocycles. The van der Waals surface area contributed by atoms with E-state index >= 15 is 0 Å². The first-order chi connectivity index (χ1) is 10.1. The third-order valence-corrected chi connectivity index (χ3v) is 2.85. The molecular formula is C16H17N3OS. The molecule has 0 spiro atoms. The topological polar surface area (TPSA) is 59.6 Å². The number of rotatable bonds is 5. The largest absolute Gasteiger partial charge is 0.489 e. The molecule has 0 amide bonds. The minimum atomic E-state index is 0.143. The molecule has 0 aliphatic carbocycles. The highest BCUT2D eigenvalue weighted by Crippen LogP contribution is 2.14. The molecule has 21 heavy (non-hydrogen) atoms. The highest BCUT2D eigenvalue weighted by atomic mass is 32.1. The number of ether oxygens (including phenoxy) is 1. The lowest BCUT2D eigenvalue weighted by atomic mass is 10.1. The van der Waals surface area contributed by atoms with E-state index in [4.69, 9.17) is 10.5 Å².